The number of halogens is 1. The van der Waals surface area contributed by atoms with Crippen molar-refractivity contribution in [2.24, 2.45) is 0 Å². The minimum absolute atomic E-state index is 0.0468. The third-order valence-electron chi connectivity index (χ3n) is 5.58. The Bertz CT molecular complexity index is 902. The Kier molecular flexibility index (Phi) is 7.38. The smallest absolute Gasteiger partial charge is 0.315 e. The van der Waals surface area contributed by atoms with Gasteiger partial charge in [-0.2, -0.15) is 0 Å². The summed E-state index contributed by atoms with van der Waals surface area (Å²) >= 11 is 0. The molecule has 6 nitrogen and oxygen atoms in total. The fraction of sp³-hybridized carbons (Fsp3) is 0.458. The minimum Gasteiger partial charge on any atom is -0.493 e. The second-order valence-corrected chi connectivity index (χ2v) is 8.26. The molecule has 0 bridgehead atoms. The van der Waals surface area contributed by atoms with Crippen molar-refractivity contribution in [2.75, 3.05) is 20.8 Å². The summed E-state index contributed by atoms with van der Waals surface area (Å²) in [5.74, 6) is 1.11. The van der Waals surface area contributed by atoms with E-state index in [1.807, 2.05) is 32.9 Å². The van der Waals surface area contributed by atoms with Crippen LogP contribution in [-0.4, -0.2) is 43.8 Å². The van der Waals surface area contributed by atoms with E-state index in [1.165, 1.54) is 17.7 Å². The van der Waals surface area contributed by atoms with Crippen molar-refractivity contribution >= 4 is 6.03 Å². The van der Waals surface area contributed by atoms with Crippen molar-refractivity contribution < 1.29 is 18.7 Å². The van der Waals surface area contributed by atoms with E-state index < -0.39 is 0 Å². The Hall–Kier alpha value is -2.80. The van der Waals surface area contributed by atoms with Crippen LogP contribution in [0.5, 0.6) is 11.5 Å². The van der Waals surface area contributed by atoms with E-state index in [0.717, 1.165) is 24.1 Å². The molecule has 168 valence electrons. The summed E-state index contributed by atoms with van der Waals surface area (Å²) in [5.41, 5.74) is 3.30. The van der Waals surface area contributed by atoms with Gasteiger partial charge in [0.05, 0.1) is 20.3 Å². The van der Waals surface area contributed by atoms with Gasteiger partial charge in [-0.05, 0) is 68.1 Å². The van der Waals surface area contributed by atoms with Gasteiger partial charge >= 0.3 is 6.03 Å². The maximum absolute atomic E-state index is 13.4. The Morgan fingerprint density at radius 2 is 1.74 bits per heavy atom. The summed E-state index contributed by atoms with van der Waals surface area (Å²) in [4.78, 5) is 14.7. The van der Waals surface area contributed by atoms with Gasteiger partial charge in [0, 0.05) is 25.2 Å². The van der Waals surface area contributed by atoms with Crippen molar-refractivity contribution in [3.63, 3.8) is 0 Å². The number of hydrogen-bond donors (Lipinski definition) is 2. The maximum Gasteiger partial charge on any atom is 0.315 e. The number of carbonyl (C=O) groups is 1. The summed E-state index contributed by atoms with van der Waals surface area (Å²) in [7, 11) is 3.25. The van der Waals surface area contributed by atoms with E-state index in [-0.39, 0.29) is 30.0 Å². The number of fused-ring (bicyclic) bond motifs is 1. The average Bonchev–Trinajstić information content (AvgIpc) is 2.73. The molecule has 7 heteroatoms. The first-order chi connectivity index (χ1) is 14.8. The van der Waals surface area contributed by atoms with Crippen LogP contribution in [-0.2, 0) is 13.0 Å². The zero-order valence-corrected chi connectivity index (χ0v) is 18.9. The molecular weight excluding hydrogens is 397 g/mol. The molecule has 0 aromatic heterocycles. The predicted molar refractivity (Wildman–Crippen MR) is 119 cm³/mol. The summed E-state index contributed by atoms with van der Waals surface area (Å²) in [6.07, 6.45) is 0.846. The molecule has 3 rings (SSSR count). The molecule has 31 heavy (non-hydrogen) atoms. The lowest BCUT2D eigenvalue weighted by molar-refractivity contribution is 0.143. The van der Waals surface area contributed by atoms with Crippen molar-refractivity contribution in [2.45, 2.75) is 51.9 Å². The molecule has 2 aromatic carbocycles. The van der Waals surface area contributed by atoms with Gasteiger partial charge < -0.3 is 20.1 Å². The number of benzene rings is 2. The van der Waals surface area contributed by atoms with E-state index >= 15 is 0 Å². The molecule has 0 saturated heterocycles. The fourth-order valence-corrected chi connectivity index (χ4v) is 4.21. The number of hydrogen-bond acceptors (Lipinski definition) is 4. The van der Waals surface area contributed by atoms with Gasteiger partial charge in [0.2, 0.25) is 0 Å². The quantitative estimate of drug-likeness (QED) is 0.697. The Labute approximate surface area is 183 Å². The third-order valence-corrected chi connectivity index (χ3v) is 5.58. The Morgan fingerprint density at radius 1 is 1.10 bits per heavy atom. The number of nitrogens with zero attached hydrogens (tertiary/aromatic N) is 1. The van der Waals surface area contributed by atoms with Crippen LogP contribution in [0.4, 0.5) is 9.18 Å². The molecule has 2 N–H and O–H groups in total. The highest BCUT2D eigenvalue weighted by molar-refractivity contribution is 5.74. The van der Waals surface area contributed by atoms with Crippen molar-refractivity contribution in [3.8, 4) is 11.5 Å². The van der Waals surface area contributed by atoms with Gasteiger partial charge in [-0.1, -0.05) is 12.1 Å². The van der Waals surface area contributed by atoms with Gasteiger partial charge in [-0.3, -0.25) is 4.90 Å². The third kappa shape index (κ3) is 5.47. The number of methoxy groups -OCH3 is 2. The zero-order valence-electron chi connectivity index (χ0n) is 18.9. The average molecular weight is 430 g/mol. The molecule has 0 unspecified atom stereocenters. The van der Waals surface area contributed by atoms with Crippen LogP contribution < -0.4 is 20.1 Å². The summed E-state index contributed by atoms with van der Waals surface area (Å²) in [5, 5.41) is 5.98. The number of nitrogens with one attached hydrogen (secondary N) is 2. The highest BCUT2D eigenvalue weighted by Crippen LogP contribution is 2.40. The van der Waals surface area contributed by atoms with Crippen molar-refractivity contribution in [1.29, 1.82) is 0 Å². The van der Waals surface area contributed by atoms with Crippen LogP contribution in [0.3, 0.4) is 0 Å². The van der Waals surface area contributed by atoms with E-state index in [1.54, 1.807) is 26.4 Å². The van der Waals surface area contributed by atoms with Gasteiger partial charge in [-0.25, -0.2) is 9.18 Å². The summed E-state index contributed by atoms with van der Waals surface area (Å²) in [6.45, 7) is 7.32. The minimum atomic E-state index is -0.249. The topological polar surface area (TPSA) is 62.8 Å². The van der Waals surface area contributed by atoms with E-state index in [2.05, 4.69) is 15.5 Å². The molecule has 2 amide bonds. The molecule has 2 aromatic rings. The number of urea groups is 1. The lowest BCUT2D eigenvalue weighted by atomic mass is 9.87. The standard InChI is InChI=1S/C24H32FN3O3/c1-15(2)26-24(29)27-16(3)23-20-13-22(31-5)21(30-4)12-18(20)10-11-28(23)14-17-6-8-19(25)9-7-17/h6-9,12-13,15-16,23H,10-11,14H2,1-5H3,(H2,26,27,29)/t16-,23+/m1/s1. The number of amides is 2. The van der Waals surface area contributed by atoms with Crippen LogP contribution >= 0.6 is 0 Å². The molecule has 0 radical (unpaired) electrons. The number of rotatable bonds is 7. The fourth-order valence-electron chi connectivity index (χ4n) is 4.21. The summed E-state index contributed by atoms with van der Waals surface area (Å²) in [6, 6.07) is 10.2. The van der Waals surface area contributed by atoms with Crippen molar-refractivity contribution in [3.05, 3.63) is 58.9 Å². The molecule has 1 aliphatic heterocycles. The first-order valence-electron chi connectivity index (χ1n) is 10.6. The van der Waals surface area contributed by atoms with Crippen molar-refractivity contribution in [1.82, 2.24) is 15.5 Å². The largest absolute Gasteiger partial charge is 0.493 e. The van der Waals surface area contributed by atoms with Gasteiger partial charge in [0.15, 0.2) is 11.5 Å². The van der Waals surface area contributed by atoms with E-state index in [4.69, 9.17) is 9.47 Å². The van der Waals surface area contributed by atoms with Crippen LogP contribution in [0.1, 0.15) is 43.5 Å². The van der Waals surface area contributed by atoms with E-state index in [9.17, 15) is 9.18 Å². The monoisotopic (exact) mass is 429 g/mol. The molecule has 0 fully saturated rings. The maximum atomic E-state index is 13.4. The molecule has 1 heterocycles. The van der Waals surface area contributed by atoms with Gasteiger partial charge in [0.25, 0.3) is 0 Å². The molecule has 0 saturated carbocycles. The predicted octanol–water partition coefficient (Wildman–Crippen LogP) is 4.04. The Morgan fingerprint density at radius 3 is 2.35 bits per heavy atom. The van der Waals surface area contributed by atoms with Gasteiger partial charge in [-0.15, -0.1) is 0 Å². The Balaban J connectivity index is 1.95. The zero-order chi connectivity index (χ0) is 22.5. The first-order valence-corrected chi connectivity index (χ1v) is 10.6. The lowest BCUT2D eigenvalue weighted by Gasteiger charge is -2.41. The van der Waals surface area contributed by atoms with E-state index in [0.29, 0.717) is 18.0 Å². The van der Waals surface area contributed by atoms with Gasteiger partial charge in [0.1, 0.15) is 5.82 Å². The SMILES string of the molecule is COc1cc2c(cc1OC)[C@H]([C@@H](C)NC(=O)NC(C)C)N(Cc1ccc(F)cc1)CC2. The normalized spacial score (nSPS) is 17.1. The summed E-state index contributed by atoms with van der Waals surface area (Å²) < 4.78 is 24.4. The highest BCUT2D eigenvalue weighted by Gasteiger charge is 2.33. The number of ether oxygens (including phenoxy) is 2. The second kappa shape index (κ2) is 10.0. The molecule has 2 atom stereocenters. The molecular formula is C24H32FN3O3. The molecule has 0 aliphatic carbocycles. The van der Waals surface area contributed by atoms with Crippen LogP contribution in [0, 0.1) is 5.82 Å². The molecule has 0 spiro atoms. The first kappa shape index (κ1) is 22.9. The molecule has 1 aliphatic rings. The lowest BCUT2D eigenvalue weighted by Crippen LogP contribution is -2.50. The second-order valence-electron chi connectivity index (χ2n) is 8.26. The van der Waals surface area contributed by atoms with Crippen LogP contribution in [0.2, 0.25) is 0 Å². The van der Waals surface area contributed by atoms with Crippen LogP contribution in [0.25, 0.3) is 0 Å². The number of carbonyl (C=O) groups excluding carboxylic acids is 1. The van der Waals surface area contributed by atoms with Crippen LogP contribution in [0.15, 0.2) is 36.4 Å². The highest BCUT2D eigenvalue weighted by atomic mass is 19.1.